The number of benzene rings is 1. The van der Waals surface area contributed by atoms with E-state index in [9.17, 15) is 4.39 Å². The van der Waals surface area contributed by atoms with Crippen LogP contribution in [0.2, 0.25) is 0 Å². The lowest BCUT2D eigenvalue weighted by Gasteiger charge is -2.19. The van der Waals surface area contributed by atoms with E-state index in [4.69, 9.17) is 0 Å². The van der Waals surface area contributed by atoms with Crippen molar-refractivity contribution in [3.8, 4) is 0 Å². The van der Waals surface area contributed by atoms with Crippen LogP contribution in [0.5, 0.6) is 0 Å². The van der Waals surface area contributed by atoms with Crippen molar-refractivity contribution in [1.29, 1.82) is 0 Å². The third-order valence-corrected chi connectivity index (χ3v) is 4.09. The Kier molecular flexibility index (Phi) is 10.2. The fraction of sp³-hybridized carbons (Fsp3) is 0.611. The molecule has 2 rings (SSSR count). The van der Waals surface area contributed by atoms with Crippen molar-refractivity contribution in [2.75, 3.05) is 32.7 Å². The molecule has 4 nitrogen and oxygen atoms in total. The number of nitrogens with zero attached hydrogens (tertiary/aromatic N) is 2. The van der Waals surface area contributed by atoms with Gasteiger partial charge in [0.15, 0.2) is 5.96 Å². The van der Waals surface area contributed by atoms with Crippen LogP contribution in [0.1, 0.15) is 32.3 Å². The number of likely N-dealkylation sites (N-methyl/N-ethyl adjacent to an activating group) is 1. The SMILES string of the molecule is CCNC(=NCCN(CC)C1CC1)NCCc1ccc(F)cc1.I. The van der Waals surface area contributed by atoms with Crippen LogP contribution in [0.3, 0.4) is 0 Å². The quantitative estimate of drug-likeness (QED) is 0.347. The minimum absolute atomic E-state index is 0. The van der Waals surface area contributed by atoms with Crippen molar-refractivity contribution in [2.45, 2.75) is 39.2 Å². The molecule has 136 valence electrons. The summed E-state index contributed by atoms with van der Waals surface area (Å²) >= 11 is 0. The fourth-order valence-electron chi connectivity index (χ4n) is 2.65. The summed E-state index contributed by atoms with van der Waals surface area (Å²) in [7, 11) is 0. The van der Waals surface area contributed by atoms with Crippen molar-refractivity contribution in [1.82, 2.24) is 15.5 Å². The zero-order chi connectivity index (χ0) is 16.5. The highest BCUT2D eigenvalue weighted by molar-refractivity contribution is 14.0. The van der Waals surface area contributed by atoms with Gasteiger partial charge in [0.05, 0.1) is 6.54 Å². The van der Waals surface area contributed by atoms with Crippen LogP contribution in [0.4, 0.5) is 4.39 Å². The number of guanidine groups is 1. The molecule has 1 fully saturated rings. The molecule has 2 N–H and O–H groups in total. The first kappa shape index (κ1) is 21.2. The summed E-state index contributed by atoms with van der Waals surface area (Å²) in [5, 5.41) is 6.62. The van der Waals surface area contributed by atoms with Crippen LogP contribution < -0.4 is 10.6 Å². The molecule has 1 aliphatic rings. The van der Waals surface area contributed by atoms with Crippen molar-refractivity contribution in [2.24, 2.45) is 4.99 Å². The van der Waals surface area contributed by atoms with Gasteiger partial charge in [0.1, 0.15) is 5.82 Å². The van der Waals surface area contributed by atoms with Gasteiger partial charge in [-0.15, -0.1) is 24.0 Å². The number of rotatable bonds is 9. The third-order valence-electron chi connectivity index (χ3n) is 4.09. The Morgan fingerprint density at radius 2 is 1.92 bits per heavy atom. The first-order valence-corrected chi connectivity index (χ1v) is 8.73. The summed E-state index contributed by atoms with van der Waals surface area (Å²) in [5.41, 5.74) is 1.13. The van der Waals surface area contributed by atoms with Gasteiger partial charge in [-0.3, -0.25) is 9.89 Å². The number of halogens is 2. The van der Waals surface area contributed by atoms with Crippen LogP contribution in [0.15, 0.2) is 29.3 Å². The molecule has 24 heavy (non-hydrogen) atoms. The van der Waals surface area contributed by atoms with Crippen LogP contribution in [-0.4, -0.2) is 49.6 Å². The van der Waals surface area contributed by atoms with E-state index < -0.39 is 0 Å². The molecule has 1 saturated carbocycles. The molecule has 0 aromatic heterocycles. The molecular weight excluding hydrogens is 418 g/mol. The molecule has 1 aromatic rings. The fourth-order valence-corrected chi connectivity index (χ4v) is 2.65. The van der Waals surface area contributed by atoms with Crippen molar-refractivity contribution >= 4 is 29.9 Å². The zero-order valence-corrected chi connectivity index (χ0v) is 17.1. The van der Waals surface area contributed by atoms with Crippen molar-refractivity contribution in [3.63, 3.8) is 0 Å². The molecule has 0 amide bonds. The Morgan fingerprint density at radius 3 is 2.50 bits per heavy atom. The number of aliphatic imine (C=N–C) groups is 1. The molecule has 0 unspecified atom stereocenters. The van der Waals surface area contributed by atoms with Crippen LogP contribution >= 0.6 is 24.0 Å². The molecule has 1 aliphatic carbocycles. The topological polar surface area (TPSA) is 39.7 Å². The van der Waals surface area contributed by atoms with E-state index in [-0.39, 0.29) is 29.8 Å². The molecule has 0 heterocycles. The molecule has 1 aromatic carbocycles. The Hall–Kier alpha value is -0.890. The van der Waals surface area contributed by atoms with Crippen LogP contribution in [-0.2, 0) is 6.42 Å². The van der Waals surface area contributed by atoms with Gasteiger partial charge in [0.2, 0.25) is 0 Å². The first-order chi connectivity index (χ1) is 11.2. The highest BCUT2D eigenvalue weighted by Gasteiger charge is 2.27. The lowest BCUT2D eigenvalue weighted by atomic mass is 10.1. The maximum Gasteiger partial charge on any atom is 0.191 e. The molecule has 6 heteroatoms. The number of hydrogen-bond donors (Lipinski definition) is 2. The zero-order valence-electron chi connectivity index (χ0n) is 14.7. The van der Waals surface area contributed by atoms with Gasteiger partial charge >= 0.3 is 0 Å². The maximum atomic E-state index is 12.9. The van der Waals surface area contributed by atoms with E-state index in [1.807, 2.05) is 12.1 Å². The number of nitrogens with one attached hydrogen (secondary N) is 2. The largest absolute Gasteiger partial charge is 0.357 e. The predicted octanol–water partition coefficient (Wildman–Crippen LogP) is 3.03. The molecule has 0 atom stereocenters. The molecule has 0 bridgehead atoms. The smallest absolute Gasteiger partial charge is 0.191 e. The minimum atomic E-state index is -0.187. The second-order valence-corrected chi connectivity index (χ2v) is 5.92. The summed E-state index contributed by atoms with van der Waals surface area (Å²) in [6.45, 7) is 8.87. The Bertz CT molecular complexity index is 488. The molecular formula is C18H30FIN4. The first-order valence-electron chi connectivity index (χ1n) is 8.73. The van der Waals surface area contributed by atoms with Gasteiger partial charge in [-0.1, -0.05) is 19.1 Å². The van der Waals surface area contributed by atoms with Gasteiger partial charge in [0.25, 0.3) is 0 Å². The highest BCUT2D eigenvalue weighted by Crippen LogP contribution is 2.25. The Morgan fingerprint density at radius 1 is 1.21 bits per heavy atom. The van der Waals surface area contributed by atoms with Crippen LogP contribution in [0, 0.1) is 5.82 Å². The summed E-state index contributed by atoms with van der Waals surface area (Å²) in [6.07, 6.45) is 3.54. The lowest BCUT2D eigenvalue weighted by Crippen LogP contribution is -2.39. The maximum absolute atomic E-state index is 12.9. The van der Waals surface area contributed by atoms with Crippen LogP contribution in [0.25, 0.3) is 0 Å². The molecule has 0 spiro atoms. The van der Waals surface area contributed by atoms with Gasteiger partial charge in [-0.2, -0.15) is 0 Å². The Labute approximate surface area is 162 Å². The number of hydrogen-bond acceptors (Lipinski definition) is 2. The van der Waals surface area contributed by atoms with Gasteiger partial charge < -0.3 is 10.6 Å². The van der Waals surface area contributed by atoms with Gasteiger partial charge in [-0.25, -0.2) is 4.39 Å². The standard InChI is InChI=1S/C18H29FN4.HI/c1-3-20-18(22-13-14-23(4-2)17-9-10-17)21-12-11-15-5-7-16(19)8-6-15;/h5-8,17H,3-4,9-14H2,1-2H3,(H2,20,21,22);1H. The summed E-state index contributed by atoms with van der Waals surface area (Å²) in [4.78, 5) is 7.15. The van der Waals surface area contributed by atoms with E-state index in [0.29, 0.717) is 0 Å². The summed E-state index contributed by atoms with van der Waals surface area (Å²) in [6, 6.07) is 7.47. The average Bonchev–Trinajstić information content (AvgIpc) is 3.38. The summed E-state index contributed by atoms with van der Waals surface area (Å²) < 4.78 is 12.9. The van der Waals surface area contributed by atoms with Gasteiger partial charge in [-0.05, 0) is 50.4 Å². The highest BCUT2D eigenvalue weighted by atomic mass is 127. The van der Waals surface area contributed by atoms with Crippen molar-refractivity contribution in [3.05, 3.63) is 35.6 Å². The lowest BCUT2D eigenvalue weighted by molar-refractivity contribution is 0.286. The van der Waals surface area contributed by atoms with E-state index in [1.54, 1.807) is 0 Å². The van der Waals surface area contributed by atoms with E-state index in [1.165, 1.54) is 25.0 Å². The van der Waals surface area contributed by atoms with E-state index in [0.717, 1.165) is 56.7 Å². The predicted molar refractivity (Wildman–Crippen MR) is 110 cm³/mol. The second kappa shape index (κ2) is 11.6. The van der Waals surface area contributed by atoms with E-state index in [2.05, 4.69) is 34.4 Å². The van der Waals surface area contributed by atoms with E-state index >= 15 is 0 Å². The van der Waals surface area contributed by atoms with Crippen molar-refractivity contribution < 1.29 is 4.39 Å². The Balaban J connectivity index is 0.00000288. The average molecular weight is 448 g/mol. The molecule has 0 radical (unpaired) electrons. The normalized spacial score (nSPS) is 14.4. The second-order valence-electron chi connectivity index (χ2n) is 5.92. The summed E-state index contributed by atoms with van der Waals surface area (Å²) in [5.74, 6) is 0.675. The minimum Gasteiger partial charge on any atom is -0.357 e. The molecule has 0 saturated heterocycles. The van der Waals surface area contributed by atoms with Gasteiger partial charge in [0, 0.05) is 25.7 Å². The third kappa shape index (κ3) is 7.79. The monoisotopic (exact) mass is 448 g/mol. The molecule has 0 aliphatic heterocycles.